The van der Waals surface area contributed by atoms with Crippen LogP contribution in [0.4, 0.5) is 0 Å². The van der Waals surface area contributed by atoms with Crippen molar-refractivity contribution in [2.45, 2.75) is 26.7 Å². The Bertz CT molecular complexity index is 1110. The van der Waals surface area contributed by atoms with Gasteiger partial charge in [-0.25, -0.2) is 0 Å². The number of rotatable bonds is 2. The van der Waals surface area contributed by atoms with E-state index in [9.17, 15) is 14.4 Å². The third-order valence-corrected chi connectivity index (χ3v) is 6.69. The number of aromatic nitrogens is 1. The molecule has 1 aliphatic carbocycles. The summed E-state index contributed by atoms with van der Waals surface area (Å²) in [6.45, 7) is 6.88. The van der Waals surface area contributed by atoms with Crippen LogP contribution in [0.5, 0.6) is 0 Å². The highest BCUT2D eigenvalue weighted by molar-refractivity contribution is 6.30. The van der Waals surface area contributed by atoms with Gasteiger partial charge in [0, 0.05) is 28.4 Å². The molecule has 32 heavy (non-hydrogen) atoms. The standard InChI is InChI=1S/C24H29ClN3O3.HI/c1-24(2)14-20-18(21(29)15-24)13-19(22(30)26-9-11-28(3,4)12-10-26)23(31)27(20)17-7-5-16(25)6-8-17;/h5-8,13H,9-12,14-15H2,1-4H3;1H/q+1;/p-1. The number of carbonyl (C=O) groups excluding carboxylic acids is 2. The number of nitrogens with zero attached hydrogens (tertiary/aromatic N) is 3. The van der Waals surface area contributed by atoms with Crippen molar-refractivity contribution in [1.82, 2.24) is 9.47 Å². The van der Waals surface area contributed by atoms with Crippen molar-refractivity contribution in [2.24, 2.45) is 5.41 Å². The Morgan fingerprint density at radius 1 is 1.03 bits per heavy atom. The number of Topliss-reactive ketones (excluding diaryl/α,β-unsaturated/α-hetero) is 1. The van der Waals surface area contributed by atoms with E-state index in [2.05, 4.69) is 14.1 Å². The molecule has 1 aromatic heterocycles. The molecule has 0 spiro atoms. The van der Waals surface area contributed by atoms with E-state index in [-0.39, 0.29) is 52.2 Å². The third-order valence-electron chi connectivity index (χ3n) is 6.44. The second kappa shape index (κ2) is 8.91. The normalized spacial score (nSPS) is 19.2. The molecular weight excluding hydrogens is 541 g/mol. The van der Waals surface area contributed by atoms with Crippen LogP contribution in [0.2, 0.25) is 5.02 Å². The second-order valence-electron chi connectivity index (χ2n) is 10.2. The maximum atomic E-state index is 13.6. The lowest BCUT2D eigenvalue weighted by atomic mass is 9.75. The van der Waals surface area contributed by atoms with E-state index in [1.54, 1.807) is 39.8 Å². The SMILES string of the molecule is CC1(C)CC(=O)c2cc(C(=O)N3CC[N+](C)(C)CC3)c(=O)n(-c3ccc(Cl)cc3)c2C1.[I-]. The summed E-state index contributed by atoms with van der Waals surface area (Å²) in [6.07, 6.45) is 0.970. The number of hydrogen-bond donors (Lipinski definition) is 0. The number of likely N-dealkylation sites (N-methyl/N-ethyl adjacent to an activating group) is 1. The van der Waals surface area contributed by atoms with Crippen LogP contribution >= 0.6 is 11.6 Å². The molecule has 0 unspecified atom stereocenters. The van der Waals surface area contributed by atoms with Gasteiger partial charge in [-0.1, -0.05) is 25.4 Å². The number of quaternary nitrogens is 1. The molecule has 1 saturated heterocycles. The van der Waals surface area contributed by atoms with Gasteiger partial charge < -0.3 is 33.4 Å². The number of hydrogen-bond acceptors (Lipinski definition) is 3. The lowest BCUT2D eigenvalue weighted by molar-refractivity contribution is -0.894. The van der Waals surface area contributed by atoms with Gasteiger partial charge >= 0.3 is 0 Å². The second-order valence-corrected chi connectivity index (χ2v) is 10.6. The maximum absolute atomic E-state index is 13.6. The first-order chi connectivity index (χ1) is 14.5. The van der Waals surface area contributed by atoms with Gasteiger partial charge in [0.25, 0.3) is 11.5 Å². The van der Waals surface area contributed by atoms with Gasteiger partial charge in [0.05, 0.1) is 40.3 Å². The van der Waals surface area contributed by atoms with E-state index in [4.69, 9.17) is 11.6 Å². The average Bonchev–Trinajstić information content (AvgIpc) is 2.67. The number of amides is 1. The zero-order chi connectivity index (χ0) is 22.6. The van der Waals surface area contributed by atoms with Crippen molar-refractivity contribution in [2.75, 3.05) is 40.3 Å². The fourth-order valence-corrected chi connectivity index (χ4v) is 4.64. The fraction of sp³-hybridized carbons (Fsp3) is 0.458. The minimum atomic E-state index is -0.379. The monoisotopic (exact) mass is 569 g/mol. The first kappa shape index (κ1) is 24.9. The quantitative estimate of drug-likeness (QED) is 0.383. The number of benzene rings is 1. The van der Waals surface area contributed by atoms with Gasteiger partial charge in [0.1, 0.15) is 5.56 Å². The molecule has 1 aromatic carbocycles. The summed E-state index contributed by atoms with van der Waals surface area (Å²) in [5, 5.41) is 0.559. The molecule has 1 fully saturated rings. The van der Waals surface area contributed by atoms with Crippen LogP contribution < -0.4 is 29.5 Å². The molecule has 1 aliphatic heterocycles. The number of carbonyl (C=O) groups is 2. The largest absolute Gasteiger partial charge is 1.00 e. The number of pyridine rings is 1. The highest BCUT2D eigenvalue weighted by atomic mass is 127. The van der Waals surface area contributed by atoms with Crippen molar-refractivity contribution in [1.29, 1.82) is 0 Å². The molecule has 6 nitrogen and oxygen atoms in total. The Labute approximate surface area is 210 Å². The van der Waals surface area contributed by atoms with E-state index in [1.807, 2.05) is 13.8 Å². The van der Waals surface area contributed by atoms with Gasteiger partial charge in [-0.05, 0) is 42.2 Å². The summed E-state index contributed by atoms with van der Waals surface area (Å²) < 4.78 is 2.39. The Morgan fingerprint density at radius 2 is 1.62 bits per heavy atom. The highest BCUT2D eigenvalue weighted by Gasteiger charge is 2.36. The Balaban J connectivity index is 0.00000289. The van der Waals surface area contributed by atoms with Gasteiger partial charge in [-0.2, -0.15) is 0 Å². The summed E-state index contributed by atoms with van der Waals surface area (Å²) in [7, 11) is 4.27. The van der Waals surface area contributed by atoms with E-state index in [1.165, 1.54) is 0 Å². The lowest BCUT2D eigenvalue weighted by Crippen LogP contribution is -3.00. The van der Waals surface area contributed by atoms with Crippen molar-refractivity contribution in [3.8, 4) is 5.69 Å². The number of fused-ring (bicyclic) bond motifs is 1. The van der Waals surface area contributed by atoms with Crippen LogP contribution in [0.3, 0.4) is 0 Å². The molecule has 0 bridgehead atoms. The Kier molecular flexibility index (Phi) is 6.94. The Hall–Kier alpha value is -1.71. The predicted molar refractivity (Wildman–Crippen MR) is 121 cm³/mol. The van der Waals surface area contributed by atoms with Crippen molar-refractivity contribution in [3.05, 3.63) is 62.5 Å². The molecule has 2 heterocycles. The molecule has 2 aromatic rings. The van der Waals surface area contributed by atoms with Gasteiger partial charge in [0.2, 0.25) is 0 Å². The average molecular weight is 570 g/mol. The number of halogens is 2. The zero-order valence-electron chi connectivity index (χ0n) is 19.0. The lowest BCUT2D eigenvalue weighted by Gasteiger charge is -2.39. The van der Waals surface area contributed by atoms with E-state index < -0.39 is 0 Å². The minimum Gasteiger partial charge on any atom is -1.00 e. The molecule has 172 valence electrons. The summed E-state index contributed by atoms with van der Waals surface area (Å²) >= 11 is 6.05. The van der Waals surface area contributed by atoms with Crippen LogP contribution in [0.25, 0.3) is 5.69 Å². The number of ketones is 1. The highest BCUT2D eigenvalue weighted by Crippen LogP contribution is 2.35. The van der Waals surface area contributed by atoms with Crippen LogP contribution in [-0.2, 0) is 6.42 Å². The molecule has 1 amide bonds. The van der Waals surface area contributed by atoms with Crippen molar-refractivity contribution < 1.29 is 38.0 Å². The van der Waals surface area contributed by atoms with Gasteiger partial charge in [0.15, 0.2) is 5.78 Å². The molecule has 0 N–H and O–H groups in total. The first-order valence-electron chi connectivity index (χ1n) is 10.7. The van der Waals surface area contributed by atoms with Crippen LogP contribution in [-0.4, -0.2) is 65.9 Å². The molecule has 0 radical (unpaired) electrons. The summed E-state index contributed by atoms with van der Waals surface area (Å²) in [4.78, 5) is 41.7. The summed E-state index contributed by atoms with van der Waals surface area (Å²) in [5.41, 5.74) is 1.19. The molecule has 2 aliphatic rings. The number of piperazine rings is 1. The minimum absolute atomic E-state index is 0. The molecule has 4 rings (SSSR count). The van der Waals surface area contributed by atoms with Gasteiger partial charge in [-0.3, -0.25) is 19.0 Å². The maximum Gasteiger partial charge on any atom is 0.268 e. The first-order valence-corrected chi connectivity index (χ1v) is 11.0. The molecule has 0 saturated carbocycles. The summed E-state index contributed by atoms with van der Waals surface area (Å²) in [6, 6.07) is 8.48. The van der Waals surface area contributed by atoms with Gasteiger partial charge in [-0.15, -0.1) is 0 Å². The zero-order valence-corrected chi connectivity index (χ0v) is 21.9. The summed E-state index contributed by atoms with van der Waals surface area (Å²) in [5.74, 6) is -0.327. The Morgan fingerprint density at radius 3 is 2.22 bits per heavy atom. The molecular formula is C24H29ClIN3O3. The fourth-order valence-electron chi connectivity index (χ4n) is 4.51. The van der Waals surface area contributed by atoms with Crippen LogP contribution in [0.15, 0.2) is 35.1 Å². The third kappa shape index (κ3) is 4.79. The van der Waals surface area contributed by atoms with Crippen molar-refractivity contribution >= 4 is 23.3 Å². The van der Waals surface area contributed by atoms with E-state index in [0.29, 0.717) is 47.9 Å². The topological polar surface area (TPSA) is 59.4 Å². The molecule has 0 atom stereocenters. The molecule has 8 heteroatoms. The van der Waals surface area contributed by atoms with Crippen LogP contribution in [0.1, 0.15) is 46.7 Å². The van der Waals surface area contributed by atoms with Crippen LogP contribution in [0, 0.1) is 5.41 Å². The predicted octanol–water partition coefficient (Wildman–Crippen LogP) is 0.182. The van der Waals surface area contributed by atoms with E-state index >= 15 is 0 Å². The van der Waals surface area contributed by atoms with E-state index in [0.717, 1.165) is 17.6 Å². The smallest absolute Gasteiger partial charge is 0.268 e. The van der Waals surface area contributed by atoms with Crippen molar-refractivity contribution in [3.63, 3.8) is 0 Å².